The summed E-state index contributed by atoms with van der Waals surface area (Å²) in [4.78, 5) is 25.2. The van der Waals surface area contributed by atoms with E-state index < -0.39 is 55.4 Å². The maximum atomic E-state index is 12.7. The maximum absolute atomic E-state index is 12.7. The monoisotopic (exact) mass is 751 g/mol. The Morgan fingerprint density at radius 3 is 1.70 bits per heavy atom. The summed E-state index contributed by atoms with van der Waals surface area (Å²) in [6.45, 7) is 3.25. The third-order valence-electron chi connectivity index (χ3n) is 9.20. The molecule has 10 nitrogen and oxygen atoms in total. The predicted molar refractivity (Wildman–Crippen MR) is 210 cm³/mol. The van der Waals surface area contributed by atoms with Gasteiger partial charge in [-0.05, 0) is 70.6 Å². The van der Waals surface area contributed by atoms with Crippen molar-refractivity contribution in [2.45, 2.75) is 192 Å². The van der Waals surface area contributed by atoms with E-state index in [1.807, 2.05) is 0 Å². The fraction of sp³-hybridized carbons (Fsp3) is 0.767. The van der Waals surface area contributed by atoms with Crippen LogP contribution in [0.2, 0.25) is 0 Å². The standard InChI is InChI=1S/C43H74O10/c1-3-5-7-9-11-13-15-17-18-20-21-23-25-27-29-31-38(45)50-34-36(35-51-43-42(49)41(48)40(47)37(33-44)53-43)52-39(46)32-30-28-26-24-22-19-16-14-12-10-8-6-4-2/h5,7,11,13-14,16-18,36-37,40-44,47-49H,3-4,6,8-10,12,15,19-35H2,1-2H3/b7-5-,13-11-,16-14+,18-17-/t36-,37+,40-,41-,42+,43+/m0/s1. The molecule has 0 saturated carbocycles. The lowest BCUT2D eigenvalue weighted by Crippen LogP contribution is -2.59. The Balaban J connectivity index is 2.39. The summed E-state index contributed by atoms with van der Waals surface area (Å²) in [5.74, 6) is -0.841. The van der Waals surface area contributed by atoms with Gasteiger partial charge in [-0.3, -0.25) is 9.59 Å². The van der Waals surface area contributed by atoms with Crippen LogP contribution < -0.4 is 0 Å². The smallest absolute Gasteiger partial charge is 0.306 e. The summed E-state index contributed by atoms with van der Waals surface area (Å²) < 4.78 is 22.1. The van der Waals surface area contributed by atoms with E-state index in [0.29, 0.717) is 12.8 Å². The van der Waals surface area contributed by atoms with Crippen LogP contribution in [0.4, 0.5) is 0 Å². The second kappa shape index (κ2) is 34.2. The van der Waals surface area contributed by atoms with Gasteiger partial charge in [0.25, 0.3) is 0 Å². The van der Waals surface area contributed by atoms with Crippen molar-refractivity contribution in [2.75, 3.05) is 19.8 Å². The normalized spacial score (nSPS) is 21.4. The number of carbonyl (C=O) groups is 2. The lowest BCUT2D eigenvalue weighted by Gasteiger charge is -2.39. The van der Waals surface area contributed by atoms with Crippen LogP contribution in [0.25, 0.3) is 0 Å². The van der Waals surface area contributed by atoms with Gasteiger partial charge in [0.1, 0.15) is 31.0 Å². The summed E-state index contributed by atoms with van der Waals surface area (Å²) in [5, 5.41) is 40.0. The van der Waals surface area contributed by atoms with E-state index in [0.717, 1.165) is 89.9 Å². The van der Waals surface area contributed by atoms with E-state index in [-0.39, 0.29) is 26.1 Å². The Morgan fingerprint density at radius 2 is 1.11 bits per heavy atom. The molecule has 1 rings (SSSR count). The second-order valence-corrected chi connectivity index (χ2v) is 14.1. The molecule has 0 spiro atoms. The molecule has 0 radical (unpaired) electrons. The van der Waals surface area contributed by atoms with Gasteiger partial charge in [0, 0.05) is 12.8 Å². The van der Waals surface area contributed by atoms with Crippen molar-refractivity contribution in [1.82, 2.24) is 0 Å². The van der Waals surface area contributed by atoms with Crippen molar-refractivity contribution in [3.8, 4) is 0 Å². The van der Waals surface area contributed by atoms with E-state index in [1.165, 1.54) is 25.7 Å². The molecule has 10 heteroatoms. The molecule has 1 aliphatic rings. The minimum atomic E-state index is -1.60. The highest BCUT2D eigenvalue weighted by atomic mass is 16.7. The first-order chi connectivity index (χ1) is 25.8. The first-order valence-electron chi connectivity index (χ1n) is 20.7. The summed E-state index contributed by atoms with van der Waals surface area (Å²) in [5.41, 5.74) is 0. The van der Waals surface area contributed by atoms with Crippen LogP contribution in [0.15, 0.2) is 48.6 Å². The first kappa shape index (κ1) is 48.7. The number of aliphatic hydroxyl groups is 4. The largest absolute Gasteiger partial charge is 0.462 e. The topological polar surface area (TPSA) is 152 Å². The molecule has 0 aromatic rings. The zero-order valence-electron chi connectivity index (χ0n) is 33.0. The van der Waals surface area contributed by atoms with E-state index in [9.17, 15) is 30.0 Å². The summed E-state index contributed by atoms with van der Waals surface area (Å²) in [6, 6.07) is 0. The van der Waals surface area contributed by atoms with Gasteiger partial charge in [-0.15, -0.1) is 0 Å². The molecule has 4 N–H and O–H groups in total. The number of unbranched alkanes of at least 4 members (excludes halogenated alkanes) is 14. The number of carbonyl (C=O) groups excluding carboxylic acids is 2. The van der Waals surface area contributed by atoms with Crippen LogP contribution in [-0.2, 0) is 28.5 Å². The van der Waals surface area contributed by atoms with Gasteiger partial charge in [0.2, 0.25) is 0 Å². The Labute approximate surface area is 320 Å². The van der Waals surface area contributed by atoms with E-state index >= 15 is 0 Å². The number of allylic oxidation sites excluding steroid dienone is 8. The van der Waals surface area contributed by atoms with Crippen molar-refractivity contribution >= 4 is 11.9 Å². The average Bonchev–Trinajstić information content (AvgIpc) is 3.15. The quantitative estimate of drug-likeness (QED) is 0.0294. The molecule has 0 bridgehead atoms. The summed E-state index contributed by atoms with van der Waals surface area (Å²) in [6.07, 6.45) is 31.2. The molecule has 0 unspecified atom stereocenters. The van der Waals surface area contributed by atoms with Crippen molar-refractivity contribution < 1.29 is 49.0 Å². The van der Waals surface area contributed by atoms with Crippen molar-refractivity contribution in [3.63, 3.8) is 0 Å². The minimum Gasteiger partial charge on any atom is -0.462 e. The second-order valence-electron chi connectivity index (χ2n) is 14.1. The van der Waals surface area contributed by atoms with Gasteiger partial charge >= 0.3 is 11.9 Å². The Bertz CT molecular complexity index is 1010. The van der Waals surface area contributed by atoms with Gasteiger partial charge in [0.05, 0.1) is 13.2 Å². The van der Waals surface area contributed by atoms with Gasteiger partial charge in [-0.1, -0.05) is 120 Å². The minimum absolute atomic E-state index is 0.214. The number of ether oxygens (including phenoxy) is 4. The Hall–Kier alpha value is -2.34. The molecule has 0 amide bonds. The van der Waals surface area contributed by atoms with E-state index in [4.69, 9.17) is 18.9 Å². The van der Waals surface area contributed by atoms with Gasteiger partial charge in [0.15, 0.2) is 12.4 Å². The lowest BCUT2D eigenvalue weighted by molar-refractivity contribution is -0.305. The fourth-order valence-electron chi connectivity index (χ4n) is 5.90. The molecule has 53 heavy (non-hydrogen) atoms. The molecule has 6 atom stereocenters. The SMILES string of the molecule is CC/C=C\C/C=C\C/C=C\CCCCCCCC(=O)OC[C@@H](CO[C@@H]1O[C@H](CO)[C@H](O)[C@H](O)[C@H]1O)OC(=O)CCCCCCC/C=C/CCCCCC. The molecule has 0 aromatic heterocycles. The van der Waals surface area contributed by atoms with Crippen molar-refractivity contribution in [1.29, 1.82) is 0 Å². The number of aliphatic hydroxyl groups excluding tert-OH is 4. The van der Waals surface area contributed by atoms with Crippen LogP contribution in [0.5, 0.6) is 0 Å². The van der Waals surface area contributed by atoms with Crippen LogP contribution >= 0.6 is 0 Å². The molecule has 0 aliphatic carbocycles. The fourth-order valence-corrected chi connectivity index (χ4v) is 5.90. The van der Waals surface area contributed by atoms with E-state index in [2.05, 4.69) is 62.5 Å². The van der Waals surface area contributed by atoms with Crippen LogP contribution in [-0.4, -0.2) is 89.0 Å². The molecule has 1 heterocycles. The molecular formula is C43H74O10. The van der Waals surface area contributed by atoms with E-state index in [1.54, 1.807) is 0 Å². The molecule has 306 valence electrons. The molecule has 1 saturated heterocycles. The third kappa shape index (κ3) is 26.2. The summed E-state index contributed by atoms with van der Waals surface area (Å²) in [7, 11) is 0. The molecule has 0 aromatic carbocycles. The van der Waals surface area contributed by atoms with Crippen molar-refractivity contribution in [3.05, 3.63) is 48.6 Å². The zero-order chi connectivity index (χ0) is 38.8. The highest BCUT2D eigenvalue weighted by Gasteiger charge is 2.44. The van der Waals surface area contributed by atoms with Crippen LogP contribution in [0.1, 0.15) is 155 Å². The molecule has 1 aliphatic heterocycles. The maximum Gasteiger partial charge on any atom is 0.306 e. The lowest BCUT2D eigenvalue weighted by atomic mass is 9.99. The third-order valence-corrected chi connectivity index (χ3v) is 9.20. The summed E-state index contributed by atoms with van der Waals surface area (Å²) >= 11 is 0. The number of rotatable bonds is 33. The zero-order valence-corrected chi connectivity index (χ0v) is 33.0. The van der Waals surface area contributed by atoms with Crippen LogP contribution in [0, 0.1) is 0 Å². The van der Waals surface area contributed by atoms with Gasteiger partial charge in [-0.2, -0.15) is 0 Å². The highest BCUT2D eigenvalue weighted by Crippen LogP contribution is 2.22. The van der Waals surface area contributed by atoms with Crippen LogP contribution in [0.3, 0.4) is 0 Å². The van der Waals surface area contributed by atoms with Gasteiger partial charge in [-0.25, -0.2) is 0 Å². The molecule has 1 fully saturated rings. The number of hydrogen-bond donors (Lipinski definition) is 4. The Morgan fingerprint density at radius 1 is 0.604 bits per heavy atom. The Kier molecular flexibility index (Phi) is 31.4. The van der Waals surface area contributed by atoms with Gasteiger partial charge < -0.3 is 39.4 Å². The first-order valence-corrected chi connectivity index (χ1v) is 20.7. The molecular weight excluding hydrogens is 676 g/mol. The van der Waals surface area contributed by atoms with Crippen molar-refractivity contribution in [2.24, 2.45) is 0 Å². The average molecular weight is 751 g/mol. The number of esters is 2. The highest BCUT2D eigenvalue weighted by molar-refractivity contribution is 5.70. The predicted octanol–water partition coefficient (Wildman–Crippen LogP) is 8.10. The number of hydrogen-bond acceptors (Lipinski definition) is 10.